The van der Waals surface area contributed by atoms with E-state index in [1.165, 1.54) is 0 Å². The van der Waals surface area contributed by atoms with Crippen molar-refractivity contribution in [3.8, 4) is 0 Å². The monoisotopic (exact) mass is 318 g/mol. The number of hydrogen-bond donors (Lipinski definition) is 2. The minimum absolute atomic E-state index is 0.00726. The lowest BCUT2D eigenvalue weighted by atomic mass is 10.1. The summed E-state index contributed by atoms with van der Waals surface area (Å²) >= 11 is 0. The molecule has 1 atom stereocenters. The molecule has 7 nitrogen and oxygen atoms in total. The molecule has 7 heteroatoms. The lowest BCUT2D eigenvalue weighted by Crippen LogP contribution is -2.45. The van der Waals surface area contributed by atoms with Crippen molar-refractivity contribution in [2.45, 2.75) is 18.9 Å². The summed E-state index contributed by atoms with van der Waals surface area (Å²) in [5.41, 5.74) is 5.95. The highest BCUT2D eigenvalue weighted by atomic mass is 16.2. The normalized spacial score (nSPS) is 17.7. The van der Waals surface area contributed by atoms with Gasteiger partial charge in [0.15, 0.2) is 0 Å². The Bertz CT molecular complexity index is 615. The zero-order chi connectivity index (χ0) is 17.0. The summed E-state index contributed by atoms with van der Waals surface area (Å²) in [5, 5.41) is 2.70. The van der Waals surface area contributed by atoms with E-state index in [1.807, 2.05) is 4.90 Å². The Kier molecular flexibility index (Phi) is 5.33. The standard InChI is InChI=1S/C16H22N4O3/c1-19(2)16(23)13-8-5-9-20(13)10-14(21)18-12-7-4-3-6-11(12)15(17)22/h3-4,6-7,13H,5,8-10H2,1-2H3,(H2,17,22)(H,18,21). The first-order valence-corrected chi connectivity index (χ1v) is 7.54. The van der Waals surface area contributed by atoms with Gasteiger partial charge in [-0.1, -0.05) is 12.1 Å². The molecule has 1 saturated heterocycles. The van der Waals surface area contributed by atoms with Crippen molar-refractivity contribution in [1.29, 1.82) is 0 Å². The summed E-state index contributed by atoms with van der Waals surface area (Å²) in [4.78, 5) is 39.2. The lowest BCUT2D eigenvalue weighted by Gasteiger charge is -2.25. The first kappa shape index (κ1) is 17.0. The lowest BCUT2D eigenvalue weighted by molar-refractivity contribution is -0.133. The van der Waals surface area contributed by atoms with Crippen LogP contribution in [0.2, 0.25) is 0 Å². The van der Waals surface area contributed by atoms with Gasteiger partial charge in [-0.15, -0.1) is 0 Å². The van der Waals surface area contributed by atoms with Crippen LogP contribution in [0, 0.1) is 0 Å². The van der Waals surface area contributed by atoms with Crippen LogP contribution in [0.15, 0.2) is 24.3 Å². The molecule has 3 N–H and O–H groups in total. The van der Waals surface area contributed by atoms with Gasteiger partial charge in [0, 0.05) is 14.1 Å². The number of amides is 3. The Labute approximate surface area is 135 Å². The van der Waals surface area contributed by atoms with Crippen LogP contribution in [-0.4, -0.2) is 60.7 Å². The van der Waals surface area contributed by atoms with Crippen LogP contribution in [0.25, 0.3) is 0 Å². The molecule has 1 aliphatic rings. The second-order valence-corrected chi connectivity index (χ2v) is 5.82. The molecule has 1 heterocycles. The van der Waals surface area contributed by atoms with Crippen LogP contribution in [0.1, 0.15) is 23.2 Å². The Hall–Kier alpha value is -2.41. The number of para-hydroxylation sites is 1. The molecular weight excluding hydrogens is 296 g/mol. The molecule has 0 spiro atoms. The molecule has 3 amide bonds. The fourth-order valence-corrected chi connectivity index (χ4v) is 2.77. The minimum atomic E-state index is -0.595. The number of anilines is 1. The van der Waals surface area contributed by atoms with Crippen LogP contribution in [-0.2, 0) is 9.59 Å². The number of primary amides is 1. The van der Waals surface area contributed by atoms with Crippen molar-refractivity contribution in [2.24, 2.45) is 5.73 Å². The van der Waals surface area contributed by atoms with E-state index in [0.29, 0.717) is 12.2 Å². The Morgan fingerprint density at radius 2 is 2.00 bits per heavy atom. The smallest absolute Gasteiger partial charge is 0.250 e. The van der Waals surface area contributed by atoms with Gasteiger partial charge in [0.25, 0.3) is 5.91 Å². The summed E-state index contributed by atoms with van der Waals surface area (Å²) in [6.45, 7) is 0.812. The molecule has 1 aromatic rings. The van der Waals surface area contributed by atoms with Gasteiger partial charge in [-0.2, -0.15) is 0 Å². The molecular formula is C16H22N4O3. The average Bonchev–Trinajstić information content (AvgIpc) is 2.94. The summed E-state index contributed by atoms with van der Waals surface area (Å²) in [5.74, 6) is -0.854. The van der Waals surface area contributed by atoms with Gasteiger partial charge >= 0.3 is 0 Å². The maximum absolute atomic E-state index is 12.3. The molecule has 0 aliphatic carbocycles. The van der Waals surface area contributed by atoms with Crippen molar-refractivity contribution in [3.05, 3.63) is 29.8 Å². The van der Waals surface area contributed by atoms with Crippen LogP contribution >= 0.6 is 0 Å². The van der Waals surface area contributed by atoms with E-state index in [4.69, 9.17) is 5.73 Å². The molecule has 1 aromatic carbocycles. The predicted molar refractivity (Wildman–Crippen MR) is 86.9 cm³/mol. The number of carbonyl (C=O) groups is 3. The van der Waals surface area contributed by atoms with Crippen molar-refractivity contribution in [3.63, 3.8) is 0 Å². The Morgan fingerprint density at radius 1 is 1.30 bits per heavy atom. The third-order valence-electron chi connectivity index (χ3n) is 3.90. The maximum atomic E-state index is 12.3. The van der Waals surface area contributed by atoms with Gasteiger partial charge < -0.3 is 16.0 Å². The largest absolute Gasteiger partial charge is 0.366 e. The number of benzene rings is 1. The van der Waals surface area contributed by atoms with Crippen molar-refractivity contribution >= 4 is 23.4 Å². The van der Waals surface area contributed by atoms with Gasteiger partial charge in [-0.05, 0) is 31.5 Å². The van der Waals surface area contributed by atoms with Crippen LogP contribution < -0.4 is 11.1 Å². The van der Waals surface area contributed by atoms with Gasteiger partial charge in [-0.25, -0.2) is 0 Å². The zero-order valence-electron chi connectivity index (χ0n) is 13.4. The quantitative estimate of drug-likeness (QED) is 0.815. The van der Waals surface area contributed by atoms with Crippen molar-refractivity contribution < 1.29 is 14.4 Å². The van der Waals surface area contributed by atoms with E-state index in [0.717, 1.165) is 12.8 Å². The highest BCUT2D eigenvalue weighted by Crippen LogP contribution is 2.19. The first-order valence-electron chi connectivity index (χ1n) is 7.54. The number of nitrogens with two attached hydrogens (primary N) is 1. The molecule has 1 aliphatic heterocycles. The van der Waals surface area contributed by atoms with Crippen LogP contribution in [0.5, 0.6) is 0 Å². The second-order valence-electron chi connectivity index (χ2n) is 5.82. The topological polar surface area (TPSA) is 95.7 Å². The van der Waals surface area contributed by atoms with Crippen LogP contribution in [0.3, 0.4) is 0 Å². The fraction of sp³-hybridized carbons (Fsp3) is 0.438. The molecule has 0 aromatic heterocycles. The summed E-state index contributed by atoms with van der Waals surface area (Å²) < 4.78 is 0. The van der Waals surface area contributed by atoms with Crippen molar-refractivity contribution in [2.75, 3.05) is 32.5 Å². The molecule has 0 radical (unpaired) electrons. The predicted octanol–water partition coefficient (Wildman–Crippen LogP) is 0.277. The average molecular weight is 318 g/mol. The number of likely N-dealkylation sites (N-methyl/N-ethyl adjacent to an activating group) is 1. The molecule has 1 unspecified atom stereocenters. The van der Waals surface area contributed by atoms with E-state index >= 15 is 0 Å². The third kappa shape index (κ3) is 4.07. The number of nitrogens with one attached hydrogen (secondary N) is 1. The van der Waals surface area contributed by atoms with Gasteiger partial charge in [0.05, 0.1) is 23.8 Å². The number of carbonyl (C=O) groups excluding carboxylic acids is 3. The van der Waals surface area contributed by atoms with Gasteiger partial charge in [-0.3, -0.25) is 19.3 Å². The SMILES string of the molecule is CN(C)C(=O)C1CCCN1CC(=O)Nc1ccccc1C(N)=O. The number of nitrogens with zero attached hydrogens (tertiary/aromatic N) is 2. The summed E-state index contributed by atoms with van der Waals surface area (Å²) in [7, 11) is 3.42. The first-order chi connectivity index (χ1) is 10.9. The fourth-order valence-electron chi connectivity index (χ4n) is 2.77. The van der Waals surface area contributed by atoms with E-state index in [1.54, 1.807) is 43.3 Å². The Balaban J connectivity index is 2.02. The minimum Gasteiger partial charge on any atom is -0.366 e. The maximum Gasteiger partial charge on any atom is 0.250 e. The van der Waals surface area contributed by atoms with Gasteiger partial charge in [0.2, 0.25) is 11.8 Å². The van der Waals surface area contributed by atoms with Gasteiger partial charge in [0.1, 0.15) is 0 Å². The van der Waals surface area contributed by atoms with E-state index < -0.39 is 5.91 Å². The van der Waals surface area contributed by atoms with Crippen LogP contribution in [0.4, 0.5) is 5.69 Å². The number of rotatable bonds is 5. The molecule has 0 bridgehead atoms. The molecule has 2 rings (SSSR count). The molecule has 23 heavy (non-hydrogen) atoms. The molecule has 124 valence electrons. The molecule has 1 fully saturated rings. The highest BCUT2D eigenvalue weighted by molar-refractivity contribution is 6.03. The van der Waals surface area contributed by atoms with Crippen molar-refractivity contribution in [1.82, 2.24) is 9.80 Å². The molecule has 0 saturated carbocycles. The Morgan fingerprint density at radius 3 is 2.65 bits per heavy atom. The number of likely N-dealkylation sites (tertiary alicyclic amines) is 1. The van der Waals surface area contributed by atoms with E-state index in [-0.39, 0.29) is 30.0 Å². The highest BCUT2D eigenvalue weighted by Gasteiger charge is 2.32. The second kappa shape index (κ2) is 7.23. The van der Waals surface area contributed by atoms with E-state index in [9.17, 15) is 14.4 Å². The summed E-state index contributed by atoms with van der Waals surface area (Å²) in [6, 6.07) is 6.33. The third-order valence-corrected chi connectivity index (χ3v) is 3.90. The zero-order valence-corrected chi connectivity index (χ0v) is 13.4. The number of hydrogen-bond acceptors (Lipinski definition) is 4. The summed E-state index contributed by atoms with van der Waals surface area (Å²) in [6.07, 6.45) is 1.64. The van der Waals surface area contributed by atoms with E-state index in [2.05, 4.69) is 5.32 Å².